The van der Waals surface area contributed by atoms with Crippen LogP contribution in [0.15, 0.2) is 55.1 Å². The van der Waals surface area contributed by atoms with E-state index in [9.17, 15) is 4.79 Å². The minimum Gasteiger partial charge on any atom is -0.458 e. The molecule has 0 N–H and O–H groups in total. The van der Waals surface area contributed by atoms with Gasteiger partial charge in [0.05, 0.1) is 5.56 Å². The fourth-order valence-corrected chi connectivity index (χ4v) is 4.19. The number of carbonyl (C=O) groups excluding carboxylic acids is 1. The molecule has 0 saturated heterocycles. The Bertz CT molecular complexity index is 955. The van der Waals surface area contributed by atoms with Gasteiger partial charge in [0, 0.05) is 24.3 Å². The minimum atomic E-state index is -0.365. The molecule has 0 atom stereocenters. The maximum absolute atomic E-state index is 12.0. The Labute approximate surface area is 178 Å². The number of nitrogens with zero attached hydrogens (tertiary/aromatic N) is 1. The zero-order valence-corrected chi connectivity index (χ0v) is 18.4. The second kappa shape index (κ2) is 8.16. The van der Waals surface area contributed by atoms with Crippen LogP contribution in [-0.2, 0) is 15.6 Å². The SMILES string of the molecule is C=CCOC(=O)c1ccc([N+](=CCl)c2ccc3c(c2)C(C)(C)CCC3(C)C)cc1. The number of hydrogen-bond acceptors (Lipinski definition) is 2. The molecule has 0 fully saturated rings. The highest BCUT2D eigenvalue weighted by atomic mass is 35.5. The van der Waals surface area contributed by atoms with E-state index in [2.05, 4.69) is 52.5 Å². The third-order valence-corrected chi connectivity index (χ3v) is 6.12. The molecule has 0 spiro atoms. The molecular formula is C25H29ClNO2+. The van der Waals surface area contributed by atoms with E-state index in [1.807, 2.05) is 16.7 Å². The van der Waals surface area contributed by atoms with Crippen LogP contribution in [0.2, 0.25) is 0 Å². The maximum Gasteiger partial charge on any atom is 0.338 e. The van der Waals surface area contributed by atoms with Crippen LogP contribution in [0.1, 0.15) is 62.0 Å². The lowest BCUT2D eigenvalue weighted by Gasteiger charge is -2.41. The molecule has 1 aliphatic rings. The van der Waals surface area contributed by atoms with Gasteiger partial charge in [-0.25, -0.2) is 4.79 Å². The minimum absolute atomic E-state index is 0.123. The van der Waals surface area contributed by atoms with Crippen molar-refractivity contribution in [1.29, 1.82) is 0 Å². The van der Waals surface area contributed by atoms with E-state index in [1.54, 1.807) is 18.2 Å². The molecule has 3 rings (SSSR count). The second-order valence-electron chi connectivity index (χ2n) is 8.90. The fourth-order valence-electron chi connectivity index (χ4n) is 3.96. The molecule has 0 aliphatic heterocycles. The Morgan fingerprint density at radius 1 is 1.03 bits per heavy atom. The topological polar surface area (TPSA) is 29.3 Å². The molecule has 2 aromatic rings. The molecule has 0 radical (unpaired) electrons. The van der Waals surface area contributed by atoms with E-state index in [0.717, 1.165) is 17.8 Å². The molecule has 2 aromatic carbocycles. The van der Waals surface area contributed by atoms with Crippen LogP contribution in [0.5, 0.6) is 0 Å². The summed E-state index contributed by atoms with van der Waals surface area (Å²) in [4.78, 5) is 12.0. The molecule has 0 aromatic heterocycles. The van der Waals surface area contributed by atoms with Gasteiger partial charge in [-0.2, -0.15) is 0 Å². The fraction of sp³-hybridized carbons (Fsp3) is 0.360. The Morgan fingerprint density at radius 2 is 1.62 bits per heavy atom. The van der Waals surface area contributed by atoms with Gasteiger partial charge in [-0.05, 0) is 58.5 Å². The van der Waals surface area contributed by atoms with E-state index in [0.29, 0.717) is 5.56 Å². The number of halogens is 1. The van der Waals surface area contributed by atoms with Gasteiger partial charge in [0.25, 0.3) is 0 Å². The van der Waals surface area contributed by atoms with Gasteiger partial charge < -0.3 is 4.74 Å². The Morgan fingerprint density at radius 3 is 2.21 bits per heavy atom. The van der Waals surface area contributed by atoms with Crippen molar-refractivity contribution in [2.75, 3.05) is 6.61 Å². The first-order valence-electron chi connectivity index (χ1n) is 9.95. The Kier molecular flexibility index (Phi) is 6.00. The largest absolute Gasteiger partial charge is 0.458 e. The lowest BCUT2D eigenvalue weighted by Crippen LogP contribution is -2.33. The molecule has 0 heterocycles. The Balaban J connectivity index is 1.95. The van der Waals surface area contributed by atoms with E-state index in [-0.39, 0.29) is 23.4 Å². The third kappa shape index (κ3) is 4.30. The van der Waals surface area contributed by atoms with Crippen molar-refractivity contribution < 1.29 is 9.53 Å². The smallest absolute Gasteiger partial charge is 0.338 e. The molecule has 3 nitrogen and oxygen atoms in total. The maximum atomic E-state index is 12.0. The highest BCUT2D eigenvalue weighted by molar-refractivity contribution is 6.56. The summed E-state index contributed by atoms with van der Waals surface area (Å²) < 4.78 is 7.02. The van der Waals surface area contributed by atoms with Gasteiger partial charge in [0.2, 0.25) is 17.0 Å². The van der Waals surface area contributed by atoms with Crippen LogP contribution in [0.4, 0.5) is 11.4 Å². The molecule has 1 aliphatic carbocycles. The third-order valence-electron chi connectivity index (χ3n) is 5.93. The van der Waals surface area contributed by atoms with E-state index in [1.165, 1.54) is 23.2 Å². The van der Waals surface area contributed by atoms with Crippen molar-refractivity contribution >= 4 is 34.6 Å². The molecular weight excluding hydrogens is 382 g/mol. The number of benzene rings is 2. The molecule has 4 heteroatoms. The number of hydrogen-bond donors (Lipinski definition) is 0. The van der Waals surface area contributed by atoms with E-state index in [4.69, 9.17) is 16.3 Å². The molecule has 29 heavy (non-hydrogen) atoms. The summed E-state index contributed by atoms with van der Waals surface area (Å²) in [5, 5.41) is 0. The van der Waals surface area contributed by atoms with Crippen molar-refractivity contribution in [3.8, 4) is 0 Å². The van der Waals surface area contributed by atoms with Crippen LogP contribution in [-0.4, -0.2) is 18.2 Å². The van der Waals surface area contributed by atoms with Crippen molar-refractivity contribution in [2.45, 2.75) is 51.4 Å². The second-order valence-corrected chi connectivity index (χ2v) is 9.09. The molecule has 0 amide bonds. The quantitative estimate of drug-likeness (QED) is 0.244. The van der Waals surface area contributed by atoms with E-state index >= 15 is 0 Å². The first-order chi connectivity index (χ1) is 13.7. The molecule has 152 valence electrons. The van der Waals surface area contributed by atoms with Crippen molar-refractivity contribution in [3.63, 3.8) is 0 Å². The molecule has 0 saturated carbocycles. The van der Waals surface area contributed by atoms with Gasteiger partial charge in [-0.3, -0.25) is 0 Å². The van der Waals surface area contributed by atoms with Crippen LogP contribution in [0.3, 0.4) is 0 Å². The monoisotopic (exact) mass is 410 g/mol. The normalized spacial score (nSPS) is 17.3. The van der Waals surface area contributed by atoms with Gasteiger partial charge >= 0.3 is 5.97 Å². The highest BCUT2D eigenvalue weighted by Crippen LogP contribution is 2.46. The predicted molar refractivity (Wildman–Crippen MR) is 122 cm³/mol. The average molecular weight is 411 g/mol. The zero-order chi connectivity index (χ0) is 21.2. The lowest BCUT2D eigenvalue weighted by atomic mass is 9.63. The Hall–Kier alpha value is -2.39. The number of rotatable bonds is 5. The van der Waals surface area contributed by atoms with E-state index < -0.39 is 0 Å². The van der Waals surface area contributed by atoms with Crippen molar-refractivity contribution in [2.24, 2.45) is 0 Å². The number of esters is 1. The molecule has 0 unspecified atom stereocenters. The average Bonchev–Trinajstić information content (AvgIpc) is 2.71. The van der Waals surface area contributed by atoms with Crippen LogP contribution >= 0.6 is 11.6 Å². The van der Waals surface area contributed by atoms with Crippen LogP contribution < -0.4 is 4.58 Å². The summed E-state index contributed by atoms with van der Waals surface area (Å²) in [6.07, 6.45) is 3.89. The number of fused-ring (bicyclic) bond motifs is 1. The zero-order valence-electron chi connectivity index (χ0n) is 17.7. The lowest BCUT2D eigenvalue weighted by molar-refractivity contribution is 0.0550. The van der Waals surface area contributed by atoms with Gasteiger partial charge in [-0.15, -0.1) is 4.58 Å². The summed E-state index contributed by atoms with van der Waals surface area (Å²) in [6, 6.07) is 13.9. The summed E-state index contributed by atoms with van der Waals surface area (Å²) in [7, 11) is 0. The van der Waals surface area contributed by atoms with Gasteiger partial charge in [0.15, 0.2) is 0 Å². The van der Waals surface area contributed by atoms with Crippen molar-refractivity contribution in [1.82, 2.24) is 4.58 Å². The predicted octanol–water partition coefficient (Wildman–Crippen LogP) is 6.48. The standard InChI is InChI=1S/C25H29ClNO2/c1-6-15-29-23(28)18-7-9-19(10-8-18)27(17-26)20-11-12-21-22(16-20)25(4,5)14-13-24(21,2)3/h6-12,16-17H,1,13-15H2,2-5H3/q+1. The van der Waals surface area contributed by atoms with Crippen LogP contribution in [0.25, 0.3) is 0 Å². The van der Waals surface area contributed by atoms with Gasteiger partial charge in [-0.1, -0.05) is 46.4 Å². The van der Waals surface area contributed by atoms with Crippen molar-refractivity contribution in [3.05, 3.63) is 71.8 Å². The van der Waals surface area contributed by atoms with Crippen LogP contribution in [0, 0.1) is 0 Å². The van der Waals surface area contributed by atoms with Gasteiger partial charge in [0.1, 0.15) is 6.61 Å². The summed E-state index contributed by atoms with van der Waals surface area (Å²) in [5.41, 5.74) is 7.00. The number of carbonyl (C=O) groups is 1. The first kappa shape index (κ1) is 21.3. The summed E-state index contributed by atoms with van der Waals surface area (Å²) in [6.45, 7) is 13.0. The first-order valence-corrected chi connectivity index (χ1v) is 10.4. The summed E-state index contributed by atoms with van der Waals surface area (Å²) >= 11 is 6.22. The number of ether oxygens (including phenoxy) is 1. The highest BCUT2D eigenvalue weighted by Gasteiger charge is 2.37. The summed E-state index contributed by atoms with van der Waals surface area (Å²) in [5.74, 6) is -0.365. The molecule has 0 bridgehead atoms.